The molecule has 1 aliphatic rings. The lowest BCUT2D eigenvalue weighted by molar-refractivity contribution is -0.122. The van der Waals surface area contributed by atoms with Crippen LogP contribution in [0.2, 0.25) is 0 Å². The van der Waals surface area contributed by atoms with E-state index in [1.54, 1.807) is 7.05 Å². The van der Waals surface area contributed by atoms with Crippen molar-refractivity contribution in [3.63, 3.8) is 0 Å². The molecule has 0 radical (unpaired) electrons. The number of amides is 1. The fourth-order valence-corrected chi connectivity index (χ4v) is 3.65. The van der Waals surface area contributed by atoms with Crippen LogP contribution < -0.4 is 5.32 Å². The molecule has 16 heavy (non-hydrogen) atoms. The van der Waals surface area contributed by atoms with Crippen molar-refractivity contribution >= 4 is 15.7 Å². The normalized spacial score (nSPS) is 23.9. The van der Waals surface area contributed by atoms with Crippen molar-refractivity contribution in [1.82, 2.24) is 10.2 Å². The number of likely N-dealkylation sites (N-methyl/N-ethyl adjacent to an activating group) is 1. The lowest BCUT2D eigenvalue weighted by atomic mass is 10.2. The molecular weight excluding hydrogens is 228 g/mol. The smallest absolute Gasteiger partial charge is 0.234 e. The molecule has 1 fully saturated rings. The molecular formula is C10H20N2O3S. The highest BCUT2D eigenvalue weighted by Crippen LogP contribution is 2.15. The van der Waals surface area contributed by atoms with E-state index in [1.165, 1.54) is 0 Å². The van der Waals surface area contributed by atoms with Crippen molar-refractivity contribution in [2.75, 3.05) is 25.1 Å². The van der Waals surface area contributed by atoms with Gasteiger partial charge in [0.1, 0.15) is 0 Å². The van der Waals surface area contributed by atoms with E-state index in [0.29, 0.717) is 6.42 Å². The average molecular weight is 248 g/mol. The van der Waals surface area contributed by atoms with Gasteiger partial charge in [-0.1, -0.05) is 0 Å². The van der Waals surface area contributed by atoms with Gasteiger partial charge < -0.3 is 5.32 Å². The van der Waals surface area contributed by atoms with Gasteiger partial charge in [0.2, 0.25) is 5.91 Å². The molecule has 1 heterocycles. The van der Waals surface area contributed by atoms with E-state index in [1.807, 2.05) is 18.7 Å². The molecule has 0 aromatic carbocycles. The lowest BCUT2D eigenvalue weighted by Crippen LogP contribution is -2.43. The Morgan fingerprint density at radius 2 is 2.12 bits per heavy atom. The van der Waals surface area contributed by atoms with Crippen LogP contribution in [-0.2, 0) is 14.6 Å². The van der Waals surface area contributed by atoms with E-state index in [9.17, 15) is 13.2 Å². The molecule has 1 unspecified atom stereocenters. The van der Waals surface area contributed by atoms with Crippen LogP contribution in [0.4, 0.5) is 0 Å². The zero-order valence-electron chi connectivity index (χ0n) is 10.1. The van der Waals surface area contributed by atoms with Crippen LogP contribution in [0.15, 0.2) is 0 Å². The molecule has 6 heteroatoms. The summed E-state index contributed by atoms with van der Waals surface area (Å²) in [6.07, 6.45) is 0.633. The predicted octanol–water partition coefficient (Wildman–Crippen LogP) is -0.370. The molecule has 0 aromatic rings. The molecule has 0 aliphatic carbocycles. The van der Waals surface area contributed by atoms with Crippen molar-refractivity contribution in [2.45, 2.75) is 32.4 Å². The van der Waals surface area contributed by atoms with E-state index >= 15 is 0 Å². The molecule has 0 spiro atoms. The highest BCUT2D eigenvalue weighted by Gasteiger charge is 2.31. The quantitative estimate of drug-likeness (QED) is 0.737. The zero-order valence-corrected chi connectivity index (χ0v) is 10.9. The summed E-state index contributed by atoms with van der Waals surface area (Å²) in [4.78, 5) is 13.3. The van der Waals surface area contributed by atoms with Crippen molar-refractivity contribution in [3.05, 3.63) is 0 Å². The van der Waals surface area contributed by atoms with Crippen LogP contribution >= 0.6 is 0 Å². The van der Waals surface area contributed by atoms with Crippen molar-refractivity contribution < 1.29 is 13.2 Å². The van der Waals surface area contributed by atoms with Crippen LogP contribution in [0, 0.1) is 0 Å². The molecule has 0 aromatic heterocycles. The van der Waals surface area contributed by atoms with Crippen LogP contribution in [-0.4, -0.2) is 56.4 Å². The Balaban J connectivity index is 2.42. The van der Waals surface area contributed by atoms with E-state index in [-0.39, 0.29) is 36.0 Å². The van der Waals surface area contributed by atoms with Gasteiger partial charge in [0.15, 0.2) is 9.84 Å². The number of rotatable bonds is 4. The monoisotopic (exact) mass is 248 g/mol. The Morgan fingerprint density at radius 1 is 1.50 bits per heavy atom. The number of sulfone groups is 1. The Hall–Kier alpha value is -0.620. The minimum Gasteiger partial charge on any atom is -0.353 e. The fraction of sp³-hybridized carbons (Fsp3) is 0.900. The molecule has 1 aliphatic heterocycles. The molecule has 0 saturated carbocycles. The first-order valence-corrected chi connectivity index (χ1v) is 7.32. The van der Waals surface area contributed by atoms with Crippen LogP contribution in [0.3, 0.4) is 0 Å². The summed E-state index contributed by atoms with van der Waals surface area (Å²) in [5.41, 5.74) is 0. The third-order valence-corrected chi connectivity index (χ3v) is 4.42. The van der Waals surface area contributed by atoms with Crippen molar-refractivity contribution in [3.8, 4) is 0 Å². The van der Waals surface area contributed by atoms with Gasteiger partial charge in [-0.05, 0) is 27.3 Å². The Bertz CT molecular complexity index is 351. The summed E-state index contributed by atoms with van der Waals surface area (Å²) in [5, 5.41) is 2.79. The number of carbonyl (C=O) groups is 1. The summed E-state index contributed by atoms with van der Waals surface area (Å²) in [5.74, 6) is 0.369. The minimum absolute atomic E-state index is 0.0112. The second kappa shape index (κ2) is 5.14. The number of hydrogen-bond acceptors (Lipinski definition) is 4. The Kier molecular flexibility index (Phi) is 4.32. The van der Waals surface area contributed by atoms with Gasteiger partial charge in [-0.15, -0.1) is 0 Å². The van der Waals surface area contributed by atoms with E-state index < -0.39 is 9.84 Å². The Labute approximate surface area is 97.1 Å². The lowest BCUT2D eigenvalue weighted by Gasteiger charge is -2.22. The molecule has 1 atom stereocenters. The first kappa shape index (κ1) is 13.4. The fourth-order valence-electron chi connectivity index (χ4n) is 1.85. The van der Waals surface area contributed by atoms with Gasteiger partial charge in [-0.25, -0.2) is 8.42 Å². The number of carbonyl (C=O) groups excluding carboxylic acids is 1. The van der Waals surface area contributed by atoms with Gasteiger partial charge in [0, 0.05) is 12.1 Å². The maximum Gasteiger partial charge on any atom is 0.234 e. The molecule has 1 N–H and O–H groups in total. The highest BCUT2D eigenvalue weighted by molar-refractivity contribution is 7.91. The number of hydrogen-bond donors (Lipinski definition) is 1. The van der Waals surface area contributed by atoms with Crippen LogP contribution in [0.5, 0.6) is 0 Å². The van der Waals surface area contributed by atoms with Crippen LogP contribution in [0.1, 0.15) is 20.3 Å². The molecule has 5 nitrogen and oxygen atoms in total. The maximum absolute atomic E-state index is 11.5. The van der Waals surface area contributed by atoms with Gasteiger partial charge in [-0.3, -0.25) is 9.69 Å². The summed E-state index contributed by atoms with van der Waals surface area (Å²) < 4.78 is 22.6. The molecule has 94 valence electrons. The first-order chi connectivity index (χ1) is 7.30. The maximum atomic E-state index is 11.5. The van der Waals surface area contributed by atoms with Gasteiger partial charge in [0.25, 0.3) is 0 Å². The molecule has 1 saturated heterocycles. The number of nitrogens with zero attached hydrogens (tertiary/aromatic N) is 1. The SMILES string of the molecule is CC(C)NC(=O)CN(C)C1CCS(=O)(=O)C1. The minimum atomic E-state index is -2.87. The highest BCUT2D eigenvalue weighted by atomic mass is 32.2. The van der Waals surface area contributed by atoms with E-state index in [2.05, 4.69) is 5.32 Å². The number of nitrogens with one attached hydrogen (secondary N) is 1. The second-order valence-corrected chi connectivity index (χ2v) is 6.92. The molecule has 0 bridgehead atoms. The molecule has 1 rings (SSSR count). The average Bonchev–Trinajstić information content (AvgIpc) is 2.44. The van der Waals surface area contributed by atoms with Crippen molar-refractivity contribution in [1.29, 1.82) is 0 Å². The third-order valence-electron chi connectivity index (χ3n) is 2.67. The third kappa shape index (κ3) is 4.09. The zero-order chi connectivity index (χ0) is 12.3. The first-order valence-electron chi connectivity index (χ1n) is 5.50. The predicted molar refractivity (Wildman–Crippen MR) is 63.0 cm³/mol. The summed E-state index contributed by atoms with van der Waals surface area (Å²) in [6.45, 7) is 4.06. The topological polar surface area (TPSA) is 66.5 Å². The summed E-state index contributed by atoms with van der Waals surface area (Å²) >= 11 is 0. The second-order valence-electron chi connectivity index (χ2n) is 4.69. The molecule has 1 amide bonds. The standard InChI is InChI=1S/C10H20N2O3S/c1-8(2)11-10(13)6-12(3)9-4-5-16(14,15)7-9/h8-9H,4-7H2,1-3H3,(H,11,13). The van der Waals surface area contributed by atoms with Crippen LogP contribution in [0.25, 0.3) is 0 Å². The van der Waals surface area contributed by atoms with Crippen molar-refractivity contribution in [2.24, 2.45) is 0 Å². The van der Waals surface area contributed by atoms with Gasteiger partial charge >= 0.3 is 0 Å². The summed E-state index contributed by atoms with van der Waals surface area (Å²) in [7, 11) is -1.08. The van der Waals surface area contributed by atoms with E-state index in [0.717, 1.165) is 0 Å². The summed E-state index contributed by atoms with van der Waals surface area (Å²) in [6, 6.07) is 0.108. The van der Waals surface area contributed by atoms with Gasteiger partial charge in [0.05, 0.1) is 18.1 Å². The van der Waals surface area contributed by atoms with Gasteiger partial charge in [-0.2, -0.15) is 0 Å². The van der Waals surface area contributed by atoms with E-state index in [4.69, 9.17) is 0 Å². The Morgan fingerprint density at radius 3 is 2.56 bits per heavy atom. The largest absolute Gasteiger partial charge is 0.353 e.